The molecule has 7 nitrogen and oxygen atoms in total. The van der Waals surface area contributed by atoms with Crippen molar-refractivity contribution in [3.8, 4) is 0 Å². The summed E-state index contributed by atoms with van der Waals surface area (Å²) in [6.07, 6.45) is 4.25. The summed E-state index contributed by atoms with van der Waals surface area (Å²) < 4.78 is 1.71. The highest BCUT2D eigenvalue weighted by molar-refractivity contribution is 5.93. The molecule has 0 radical (unpaired) electrons. The molecule has 1 aromatic heterocycles. The number of aliphatic carboxylic acids is 1. The van der Waals surface area contributed by atoms with Gasteiger partial charge in [-0.05, 0) is 27.2 Å². The largest absolute Gasteiger partial charge is 0.480 e. The van der Waals surface area contributed by atoms with Crippen molar-refractivity contribution in [3.05, 3.63) is 12.4 Å². The molecule has 0 aliphatic rings. The predicted octanol–water partition coefficient (Wildman–Crippen LogP) is 2.23. The van der Waals surface area contributed by atoms with Crippen molar-refractivity contribution in [1.29, 1.82) is 0 Å². The summed E-state index contributed by atoms with van der Waals surface area (Å²) in [4.78, 5) is 23.1. The number of hydrogen-bond donors (Lipinski definition) is 3. The maximum atomic E-state index is 11.9. The minimum atomic E-state index is -1.27. The third-order valence-corrected chi connectivity index (χ3v) is 3.00. The van der Waals surface area contributed by atoms with Gasteiger partial charge in [0.1, 0.15) is 5.54 Å². The van der Waals surface area contributed by atoms with Gasteiger partial charge in [-0.1, -0.05) is 13.3 Å². The number of anilines is 1. The van der Waals surface area contributed by atoms with Crippen LogP contribution >= 0.6 is 0 Å². The molecule has 0 saturated heterocycles. The highest BCUT2D eigenvalue weighted by Gasteiger charge is 2.33. The first kappa shape index (κ1) is 16.0. The van der Waals surface area contributed by atoms with Crippen LogP contribution in [0.5, 0.6) is 0 Å². The zero-order chi connectivity index (χ0) is 15.3. The molecule has 20 heavy (non-hydrogen) atoms. The lowest BCUT2D eigenvalue weighted by atomic mass is 9.97. The Kier molecular flexibility index (Phi) is 5.12. The number of aromatic nitrogens is 2. The first-order valence-electron chi connectivity index (χ1n) is 6.65. The molecule has 1 unspecified atom stereocenters. The first-order chi connectivity index (χ1) is 9.28. The van der Waals surface area contributed by atoms with Crippen molar-refractivity contribution in [1.82, 2.24) is 15.1 Å². The van der Waals surface area contributed by atoms with Crippen LogP contribution in [0.15, 0.2) is 12.4 Å². The van der Waals surface area contributed by atoms with Gasteiger partial charge in [0.25, 0.3) is 0 Å². The molecule has 0 aliphatic carbocycles. The average molecular weight is 282 g/mol. The Labute approximate surface area is 118 Å². The van der Waals surface area contributed by atoms with Gasteiger partial charge in [-0.2, -0.15) is 5.10 Å². The van der Waals surface area contributed by atoms with E-state index >= 15 is 0 Å². The molecule has 0 aromatic carbocycles. The van der Waals surface area contributed by atoms with Crippen LogP contribution < -0.4 is 10.6 Å². The van der Waals surface area contributed by atoms with E-state index in [0.29, 0.717) is 18.5 Å². The fraction of sp³-hybridized carbons (Fsp3) is 0.615. The average Bonchev–Trinajstić information content (AvgIpc) is 2.77. The summed E-state index contributed by atoms with van der Waals surface area (Å²) >= 11 is 0. The van der Waals surface area contributed by atoms with Crippen molar-refractivity contribution in [2.45, 2.75) is 52.1 Å². The molecule has 0 spiro atoms. The third kappa shape index (κ3) is 3.97. The Bertz CT molecular complexity index is 484. The van der Waals surface area contributed by atoms with Crippen LogP contribution in [0.25, 0.3) is 0 Å². The fourth-order valence-corrected chi connectivity index (χ4v) is 1.82. The molecule has 2 amide bonds. The number of hydrogen-bond acceptors (Lipinski definition) is 3. The minimum Gasteiger partial charge on any atom is -0.480 e. The third-order valence-electron chi connectivity index (χ3n) is 3.00. The van der Waals surface area contributed by atoms with Gasteiger partial charge in [-0.3, -0.25) is 4.68 Å². The Morgan fingerprint density at radius 1 is 1.50 bits per heavy atom. The Balaban J connectivity index is 2.68. The van der Waals surface area contributed by atoms with Crippen LogP contribution in [0.1, 0.15) is 46.6 Å². The summed E-state index contributed by atoms with van der Waals surface area (Å²) in [5.41, 5.74) is -0.743. The molecule has 1 heterocycles. The van der Waals surface area contributed by atoms with Crippen LogP contribution in [0, 0.1) is 0 Å². The van der Waals surface area contributed by atoms with Crippen LogP contribution in [0.2, 0.25) is 0 Å². The van der Waals surface area contributed by atoms with E-state index in [2.05, 4.69) is 15.7 Å². The lowest BCUT2D eigenvalue weighted by Crippen LogP contribution is -2.53. The molecule has 1 aromatic rings. The zero-order valence-corrected chi connectivity index (χ0v) is 12.3. The molecule has 1 atom stereocenters. The second-order valence-corrected chi connectivity index (χ2v) is 5.27. The number of nitrogens with one attached hydrogen (secondary N) is 2. The molecule has 112 valence electrons. The lowest BCUT2D eigenvalue weighted by molar-refractivity contribution is -0.143. The van der Waals surface area contributed by atoms with Gasteiger partial charge in [0.15, 0.2) is 0 Å². The van der Waals surface area contributed by atoms with Crippen LogP contribution in [-0.2, 0) is 4.79 Å². The molecule has 0 aliphatic heterocycles. The Hall–Kier alpha value is -2.05. The van der Waals surface area contributed by atoms with Gasteiger partial charge < -0.3 is 15.7 Å². The number of carbonyl (C=O) groups excluding carboxylic acids is 1. The topological polar surface area (TPSA) is 96.3 Å². The van der Waals surface area contributed by atoms with Crippen molar-refractivity contribution in [3.63, 3.8) is 0 Å². The van der Waals surface area contributed by atoms with Gasteiger partial charge >= 0.3 is 12.0 Å². The standard InChI is InChI=1S/C13H22N4O3/c1-5-6-13(4,11(18)19)16-12(20)15-10-7-14-17(8-10)9(2)3/h7-9H,5-6H2,1-4H3,(H,18,19)(H2,15,16,20). The van der Waals surface area contributed by atoms with E-state index in [-0.39, 0.29) is 6.04 Å². The van der Waals surface area contributed by atoms with Crippen molar-refractivity contribution in [2.75, 3.05) is 5.32 Å². The second kappa shape index (κ2) is 6.40. The number of amides is 2. The van der Waals surface area contributed by atoms with Gasteiger partial charge in [0.2, 0.25) is 0 Å². The van der Waals surface area contributed by atoms with Crippen molar-refractivity contribution in [2.24, 2.45) is 0 Å². The molecule has 0 saturated carbocycles. The van der Waals surface area contributed by atoms with Gasteiger partial charge in [0.05, 0.1) is 11.9 Å². The Morgan fingerprint density at radius 2 is 2.15 bits per heavy atom. The van der Waals surface area contributed by atoms with Crippen LogP contribution in [0.3, 0.4) is 0 Å². The van der Waals surface area contributed by atoms with E-state index < -0.39 is 17.5 Å². The normalized spacial score (nSPS) is 13.8. The fourth-order valence-electron chi connectivity index (χ4n) is 1.82. The van der Waals surface area contributed by atoms with E-state index in [4.69, 9.17) is 0 Å². The highest BCUT2D eigenvalue weighted by atomic mass is 16.4. The zero-order valence-electron chi connectivity index (χ0n) is 12.3. The molecule has 0 fully saturated rings. The van der Waals surface area contributed by atoms with Gasteiger partial charge in [-0.25, -0.2) is 9.59 Å². The number of urea groups is 1. The van der Waals surface area contributed by atoms with Crippen molar-refractivity contribution >= 4 is 17.7 Å². The second-order valence-electron chi connectivity index (χ2n) is 5.27. The highest BCUT2D eigenvalue weighted by Crippen LogP contribution is 2.14. The van der Waals surface area contributed by atoms with E-state index in [1.165, 1.54) is 13.1 Å². The van der Waals surface area contributed by atoms with Crippen molar-refractivity contribution < 1.29 is 14.7 Å². The molecule has 3 N–H and O–H groups in total. The van der Waals surface area contributed by atoms with E-state index in [1.54, 1.807) is 10.9 Å². The molecular weight excluding hydrogens is 260 g/mol. The Morgan fingerprint density at radius 3 is 2.60 bits per heavy atom. The summed E-state index contributed by atoms with van der Waals surface area (Å²) in [6, 6.07) is -0.357. The number of carboxylic acid groups (broad SMARTS) is 1. The summed E-state index contributed by atoms with van der Waals surface area (Å²) in [6.45, 7) is 7.31. The first-order valence-corrected chi connectivity index (χ1v) is 6.65. The monoisotopic (exact) mass is 282 g/mol. The SMILES string of the molecule is CCCC(C)(NC(=O)Nc1cnn(C(C)C)c1)C(=O)O. The smallest absolute Gasteiger partial charge is 0.329 e. The van der Waals surface area contributed by atoms with Gasteiger partial charge in [0, 0.05) is 12.2 Å². The van der Waals surface area contributed by atoms with E-state index in [9.17, 15) is 14.7 Å². The van der Waals surface area contributed by atoms with Crippen LogP contribution in [0.4, 0.5) is 10.5 Å². The molecule has 1 rings (SSSR count). The summed E-state index contributed by atoms with van der Waals surface area (Å²) in [7, 11) is 0. The minimum absolute atomic E-state index is 0.193. The maximum absolute atomic E-state index is 11.9. The number of nitrogens with zero attached hydrogens (tertiary/aromatic N) is 2. The van der Waals surface area contributed by atoms with E-state index in [1.807, 2.05) is 20.8 Å². The number of carboxylic acids is 1. The molecular formula is C13H22N4O3. The molecule has 0 bridgehead atoms. The maximum Gasteiger partial charge on any atom is 0.329 e. The molecule has 7 heteroatoms. The van der Waals surface area contributed by atoms with Crippen LogP contribution in [-0.4, -0.2) is 32.4 Å². The lowest BCUT2D eigenvalue weighted by Gasteiger charge is -2.25. The predicted molar refractivity (Wildman–Crippen MR) is 75.7 cm³/mol. The number of carbonyl (C=O) groups is 2. The van der Waals surface area contributed by atoms with Gasteiger partial charge in [-0.15, -0.1) is 0 Å². The number of rotatable bonds is 6. The van der Waals surface area contributed by atoms with E-state index in [0.717, 1.165) is 0 Å². The summed E-state index contributed by atoms with van der Waals surface area (Å²) in [5, 5.41) is 18.4. The summed E-state index contributed by atoms with van der Waals surface area (Å²) in [5.74, 6) is -1.05. The quantitative estimate of drug-likeness (QED) is 0.745.